The van der Waals surface area contributed by atoms with Gasteiger partial charge in [0, 0.05) is 12.2 Å². The first kappa shape index (κ1) is 15.1. The van der Waals surface area contributed by atoms with E-state index >= 15 is 0 Å². The van der Waals surface area contributed by atoms with Crippen molar-refractivity contribution in [2.75, 3.05) is 11.9 Å². The zero-order valence-electron chi connectivity index (χ0n) is 12.6. The molecule has 0 saturated heterocycles. The summed E-state index contributed by atoms with van der Waals surface area (Å²) in [6.07, 6.45) is 0. The van der Waals surface area contributed by atoms with E-state index in [0.29, 0.717) is 12.5 Å². The molecule has 3 nitrogen and oxygen atoms in total. The summed E-state index contributed by atoms with van der Waals surface area (Å²) in [5.41, 5.74) is 3.39. The van der Waals surface area contributed by atoms with E-state index in [1.807, 2.05) is 30.3 Å². The quantitative estimate of drug-likeness (QED) is 0.851. The van der Waals surface area contributed by atoms with Crippen molar-refractivity contribution in [2.24, 2.45) is 0 Å². The molecule has 110 valence electrons. The fraction of sp³-hybridized carbons (Fsp3) is 0.278. The smallest absolute Gasteiger partial charge is 0.239 e. The first-order valence-corrected chi connectivity index (χ1v) is 7.29. The highest BCUT2D eigenvalue weighted by Gasteiger charge is 2.02. The van der Waals surface area contributed by atoms with Gasteiger partial charge in [-0.25, -0.2) is 0 Å². The van der Waals surface area contributed by atoms with Gasteiger partial charge in [0.05, 0.1) is 6.54 Å². The summed E-state index contributed by atoms with van der Waals surface area (Å²) in [7, 11) is 0. The van der Waals surface area contributed by atoms with Gasteiger partial charge in [-0.2, -0.15) is 0 Å². The zero-order valence-corrected chi connectivity index (χ0v) is 12.6. The van der Waals surface area contributed by atoms with Crippen LogP contribution in [0.1, 0.15) is 30.9 Å². The molecule has 0 unspecified atom stereocenters. The van der Waals surface area contributed by atoms with E-state index < -0.39 is 0 Å². The maximum atomic E-state index is 11.8. The molecule has 0 fully saturated rings. The van der Waals surface area contributed by atoms with Crippen molar-refractivity contribution in [2.45, 2.75) is 26.3 Å². The summed E-state index contributed by atoms with van der Waals surface area (Å²) in [5, 5.41) is 6.01. The normalized spacial score (nSPS) is 10.4. The van der Waals surface area contributed by atoms with E-state index in [2.05, 4.69) is 48.7 Å². The lowest BCUT2D eigenvalue weighted by atomic mass is 10.0. The molecule has 0 bridgehead atoms. The molecule has 21 heavy (non-hydrogen) atoms. The number of benzene rings is 2. The van der Waals surface area contributed by atoms with Crippen LogP contribution in [0.4, 0.5) is 5.69 Å². The van der Waals surface area contributed by atoms with E-state index in [9.17, 15) is 4.79 Å². The molecule has 3 heteroatoms. The standard InChI is InChI=1S/C18H22N2O/c1-14(2)16-10-8-15(9-11-16)12-20-18(21)13-19-17-6-4-3-5-7-17/h3-11,14,19H,12-13H2,1-2H3,(H,20,21). The van der Waals surface area contributed by atoms with Crippen molar-refractivity contribution in [1.82, 2.24) is 5.32 Å². The van der Waals surface area contributed by atoms with Gasteiger partial charge >= 0.3 is 0 Å². The Balaban J connectivity index is 1.76. The minimum absolute atomic E-state index is 0.00760. The Morgan fingerprint density at radius 3 is 2.29 bits per heavy atom. The molecule has 0 spiro atoms. The van der Waals surface area contributed by atoms with Crippen molar-refractivity contribution < 1.29 is 4.79 Å². The number of amides is 1. The van der Waals surface area contributed by atoms with Gasteiger partial charge in [-0.15, -0.1) is 0 Å². The van der Waals surface area contributed by atoms with E-state index in [4.69, 9.17) is 0 Å². The Hall–Kier alpha value is -2.29. The molecule has 2 aromatic rings. The Kier molecular flexibility index (Phi) is 5.38. The fourth-order valence-electron chi connectivity index (χ4n) is 2.02. The molecule has 1 amide bonds. The van der Waals surface area contributed by atoms with Crippen LogP contribution in [0.2, 0.25) is 0 Å². The molecule has 2 rings (SSSR count). The number of para-hydroxylation sites is 1. The summed E-state index contributed by atoms with van der Waals surface area (Å²) < 4.78 is 0. The van der Waals surface area contributed by atoms with Crippen molar-refractivity contribution in [1.29, 1.82) is 0 Å². The lowest BCUT2D eigenvalue weighted by Crippen LogP contribution is -2.29. The maximum absolute atomic E-state index is 11.8. The lowest BCUT2D eigenvalue weighted by Gasteiger charge is -2.09. The van der Waals surface area contributed by atoms with Gasteiger partial charge in [0.2, 0.25) is 5.91 Å². The van der Waals surface area contributed by atoms with E-state index in [1.165, 1.54) is 5.56 Å². The zero-order chi connectivity index (χ0) is 15.1. The summed E-state index contributed by atoms with van der Waals surface area (Å²) >= 11 is 0. The molecule has 2 aromatic carbocycles. The monoisotopic (exact) mass is 282 g/mol. The molecule has 0 aliphatic rings. The second-order valence-corrected chi connectivity index (χ2v) is 5.39. The van der Waals surface area contributed by atoms with Crippen molar-refractivity contribution in [3.63, 3.8) is 0 Å². The van der Waals surface area contributed by atoms with Gasteiger partial charge in [-0.05, 0) is 29.2 Å². The molecule has 0 radical (unpaired) electrons. The van der Waals surface area contributed by atoms with Crippen LogP contribution in [0.25, 0.3) is 0 Å². The van der Waals surface area contributed by atoms with Gasteiger partial charge in [0.1, 0.15) is 0 Å². The van der Waals surface area contributed by atoms with Crippen LogP contribution in [0.15, 0.2) is 54.6 Å². The predicted octanol–water partition coefficient (Wildman–Crippen LogP) is 3.54. The number of hydrogen-bond donors (Lipinski definition) is 2. The Bertz CT molecular complexity index is 562. The maximum Gasteiger partial charge on any atom is 0.239 e. The highest BCUT2D eigenvalue weighted by Crippen LogP contribution is 2.14. The van der Waals surface area contributed by atoms with Crippen LogP contribution in [-0.2, 0) is 11.3 Å². The highest BCUT2D eigenvalue weighted by molar-refractivity contribution is 5.80. The summed E-state index contributed by atoms with van der Waals surface area (Å²) in [6, 6.07) is 18.1. The number of carbonyl (C=O) groups is 1. The minimum atomic E-state index is -0.00760. The molecule has 0 saturated carbocycles. The van der Waals surface area contributed by atoms with E-state index in [1.54, 1.807) is 0 Å². The molecule has 2 N–H and O–H groups in total. The number of rotatable bonds is 6. The van der Waals surface area contributed by atoms with Gasteiger partial charge < -0.3 is 10.6 Å². The van der Waals surface area contributed by atoms with E-state index in [-0.39, 0.29) is 12.5 Å². The lowest BCUT2D eigenvalue weighted by molar-refractivity contribution is -0.119. The topological polar surface area (TPSA) is 41.1 Å². The molecular formula is C18H22N2O. The Labute approximate surface area is 126 Å². The number of anilines is 1. The van der Waals surface area contributed by atoms with Crippen molar-refractivity contribution >= 4 is 11.6 Å². The second-order valence-electron chi connectivity index (χ2n) is 5.39. The van der Waals surface area contributed by atoms with Crippen LogP contribution in [0, 0.1) is 0 Å². The molecule has 0 aromatic heterocycles. The molecule has 0 aliphatic carbocycles. The van der Waals surface area contributed by atoms with Crippen molar-refractivity contribution in [3.8, 4) is 0 Å². The molecule has 0 atom stereocenters. The minimum Gasteiger partial charge on any atom is -0.376 e. The fourth-order valence-corrected chi connectivity index (χ4v) is 2.02. The largest absolute Gasteiger partial charge is 0.376 e. The first-order chi connectivity index (χ1) is 10.1. The van der Waals surface area contributed by atoms with Gasteiger partial charge in [-0.1, -0.05) is 56.3 Å². The van der Waals surface area contributed by atoms with Gasteiger partial charge in [0.15, 0.2) is 0 Å². The Morgan fingerprint density at radius 2 is 1.67 bits per heavy atom. The number of carbonyl (C=O) groups excluding carboxylic acids is 1. The van der Waals surface area contributed by atoms with Gasteiger partial charge in [-0.3, -0.25) is 4.79 Å². The molecular weight excluding hydrogens is 260 g/mol. The Morgan fingerprint density at radius 1 is 1.00 bits per heavy atom. The third-order valence-electron chi connectivity index (χ3n) is 3.36. The SMILES string of the molecule is CC(C)c1ccc(CNC(=O)CNc2ccccc2)cc1. The summed E-state index contributed by atoms with van der Waals surface area (Å²) in [4.78, 5) is 11.8. The molecule has 0 aliphatic heterocycles. The van der Waals surface area contributed by atoms with Gasteiger partial charge in [0.25, 0.3) is 0 Å². The van der Waals surface area contributed by atoms with Crippen LogP contribution in [0.3, 0.4) is 0 Å². The summed E-state index contributed by atoms with van der Waals surface area (Å²) in [6.45, 7) is 5.19. The number of nitrogens with one attached hydrogen (secondary N) is 2. The van der Waals surface area contributed by atoms with Crippen LogP contribution in [0.5, 0.6) is 0 Å². The van der Waals surface area contributed by atoms with Crippen molar-refractivity contribution in [3.05, 3.63) is 65.7 Å². The predicted molar refractivity (Wildman–Crippen MR) is 87.3 cm³/mol. The van der Waals surface area contributed by atoms with E-state index in [0.717, 1.165) is 11.3 Å². The average molecular weight is 282 g/mol. The second kappa shape index (κ2) is 7.48. The van der Waals surface area contributed by atoms with Crippen LogP contribution in [-0.4, -0.2) is 12.5 Å². The van der Waals surface area contributed by atoms with Crippen LogP contribution >= 0.6 is 0 Å². The third kappa shape index (κ3) is 4.95. The number of hydrogen-bond acceptors (Lipinski definition) is 2. The third-order valence-corrected chi connectivity index (χ3v) is 3.36. The summed E-state index contributed by atoms with van der Waals surface area (Å²) in [5.74, 6) is 0.524. The molecule has 0 heterocycles. The highest BCUT2D eigenvalue weighted by atomic mass is 16.1. The van der Waals surface area contributed by atoms with Crippen LogP contribution < -0.4 is 10.6 Å². The first-order valence-electron chi connectivity index (χ1n) is 7.29. The average Bonchev–Trinajstić information content (AvgIpc) is 2.52.